The Morgan fingerprint density at radius 2 is 1.75 bits per heavy atom. The Hall–Kier alpha value is -3.37. The van der Waals surface area contributed by atoms with Crippen molar-refractivity contribution in [2.45, 2.75) is 25.8 Å². The number of amides is 1. The number of nitrogens with zero attached hydrogens (tertiary/aromatic N) is 2. The highest BCUT2D eigenvalue weighted by Gasteiger charge is 2.30. The van der Waals surface area contributed by atoms with Crippen LogP contribution in [0.5, 0.6) is 17.4 Å². The molecule has 1 amide bonds. The summed E-state index contributed by atoms with van der Waals surface area (Å²) in [4.78, 5) is 24.8. The van der Waals surface area contributed by atoms with Crippen LogP contribution in [0.25, 0.3) is 0 Å². The molecule has 1 aromatic carbocycles. The third-order valence-electron chi connectivity index (χ3n) is 3.99. The van der Waals surface area contributed by atoms with Crippen molar-refractivity contribution in [3.05, 3.63) is 77.2 Å². The minimum atomic E-state index is -4.47. The molecule has 1 atom stereocenters. The lowest BCUT2D eigenvalue weighted by Gasteiger charge is -2.15. The molecule has 3 aromatic rings. The number of pyridine rings is 2. The van der Waals surface area contributed by atoms with Gasteiger partial charge in [-0.15, -0.1) is 0 Å². The Labute approximate surface area is 186 Å². The smallest absolute Gasteiger partial charge is 0.417 e. The van der Waals surface area contributed by atoms with Gasteiger partial charge in [-0.05, 0) is 48.9 Å². The molecule has 0 aliphatic carbocycles. The lowest BCUT2D eigenvalue weighted by Crippen LogP contribution is -2.36. The van der Waals surface area contributed by atoms with Gasteiger partial charge in [-0.2, -0.15) is 13.2 Å². The van der Waals surface area contributed by atoms with Gasteiger partial charge in [-0.3, -0.25) is 9.63 Å². The van der Waals surface area contributed by atoms with Crippen LogP contribution in [0.4, 0.5) is 13.2 Å². The standard InChI is InChI=1S/C21H17ClF3N3O4/c1-13(20(29)28-30-12-14-2-8-18(22)26-10-14)31-16-4-6-17(7-5-16)32-19-9-3-15(11-27-19)21(23,24)25/h2-11,13H,12H2,1H3,(H,28,29)/t13-/m1/s1. The number of carbonyl (C=O) groups excluding carboxylic acids is 1. The zero-order chi connectivity index (χ0) is 23.1. The molecule has 0 spiro atoms. The van der Waals surface area contributed by atoms with Crippen LogP contribution in [0.2, 0.25) is 5.15 Å². The van der Waals surface area contributed by atoms with E-state index in [0.29, 0.717) is 22.8 Å². The summed E-state index contributed by atoms with van der Waals surface area (Å²) < 4.78 is 48.7. The van der Waals surface area contributed by atoms with Crippen LogP contribution in [0, 0.1) is 0 Å². The van der Waals surface area contributed by atoms with Gasteiger partial charge < -0.3 is 9.47 Å². The van der Waals surface area contributed by atoms with Gasteiger partial charge >= 0.3 is 6.18 Å². The minimum absolute atomic E-state index is 0.00690. The molecule has 0 aliphatic rings. The second-order valence-corrected chi connectivity index (χ2v) is 6.85. The van der Waals surface area contributed by atoms with E-state index in [1.54, 1.807) is 31.2 Å². The van der Waals surface area contributed by atoms with Crippen LogP contribution in [0.3, 0.4) is 0 Å². The van der Waals surface area contributed by atoms with Crippen LogP contribution in [0.15, 0.2) is 60.9 Å². The molecule has 0 aliphatic heterocycles. The zero-order valence-corrected chi connectivity index (χ0v) is 17.4. The summed E-state index contributed by atoms with van der Waals surface area (Å²) in [6, 6.07) is 11.5. The summed E-state index contributed by atoms with van der Waals surface area (Å²) in [6.45, 7) is 1.64. The van der Waals surface area contributed by atoms with E-state index in [0.717, 1.165) is 17.7 Å². The Morgan fingerprint density at radius 1 is 1.03 bits per heavy atom. The Bertz CT molecular complexity index is 1030. The molecule has 0 saturated carbocycles. The number of hydrogen-bond acceptors (Lipinski definition) is 6. The third-order valence-corrected chi connectivity index (χ3v) is 4.22. The van der Waals surface area contributed by atoms with Crippen LogP contribution < -0.4 is 15.0 Å². The first-order valence-electron chi connectivity index (χ1n) is 9.20. The number of carbonyl (C=O) groups is 1. The van der Waals surface area contributed by atoms with E-state index < -0.39 is 23.8 Å². The first-order chi connectivity index (χ1) is 15.2. The first-order valence-corrected chi connectivity index (χ1v) is 9.58. The minimum Gasteiger partial charge on any atom is -0.481 e. The molecule has 0 unspecified atom stereocenters. The molecular formula is C21H17ClF3N3O4. The van der Waals surface area contributed by atoms with Crippen LogP contribution in [-0.4, -0.2) is 22.0 Å². The number of hydroxylamine groups is 1. The van der Waals surface area contributed by atoms with Crippen LogP contribution >= 0.6 is 11.6 Å². The van der Waals surface area contributed by atoms with Gasteiger partial charge in [-0.25, -0.2) is 15.4 Å². The molecule has 0 radical (unpaired) electrons. The number of benzene rings is 1. The lowest BCUT2D eigenvalue weighted by molar-refractivity contribution is -0.141. The van der Waals surface area contributed by atoms with Gasteiger partial charge in [0.25, 0.3) is 5.91 Å². The second kappa shape index (κ2) is 10.3. The van der Waals surface area contributed by atoms with Gasteiger partial charge in [0.1, 0.15) is 23.3 Å². The summed E-state index contributed by atoms with van der Waals surface area (Å²) in [5.41, 5.74) is 2.14. The summed E-state index contributed by atoms with van der Waals surface area (Å²) in [5, 5.41) is 0.354. The predicted octanol–water partition coefficient (Wildman–Crippen LogP) is 4.96. The predicted molar refractivity (Wildman–Crippen MR) is 108 cm³/mol. The number of hydrogen-bond donors (Lipinski definition) is 1. The summed E-state index contributed by atoms with van der Waals surface area (Å²) in [5.74, 6) is 0.220. The number of halogens is 4. The van der Waals surface area contributed by atoms with Crippen molar-refractivity contribution in [2.24, 2.45) is 0 Å². The third kappa shape index (κ3) is 6.82. The quantitative estimate of drug-likeness (QED) is 0.372. The van der Waals surface area contributed by atoms with E-state index in [2.05, 4.69) is 15.4 Å². The van der Waals surface area contributed by atoms with E-state index >= 15 is 0 Å². The molecule has 168 valence electrons. The second-order valence-electron chi connectivity index (χ2n) is 6.46. The average Bonchev–Trinajstić information content (AvgIpc) is 2.76. The van der Waals surface area contributed by atoms with E-state index in [4.69, 9.17) is 25.9 Å². The number of alkyl halides is 3. The van der Waals surface area contributed by atoms with Crippen molar-refractivity contribution in [2.75, 3.05) is 0 Å². The van der Waals surface area contributed by atoms with Crippen molar-refractivity contribution >= 4 is 17.5 Å². The Morgan fingerprint density at radius 3 is 2.34 bits per heavy atom. The zero-order valence-electron chi connectivity index (χ0n) is 16.6. The van der Waals surface area contributed by atoms with E-state index in [-0.39, 0.29) is 12.5 Å². The molecule has 1 N–H and O–H groups in total. The lowest BCUT2D eigenvalue weighted by atomic mass is 10.3. The highest BCUT2D eigenvalue weighted by Crippen LogP contribution is 2.30. The average molecular weight is 468 g/mol. The van der Waals surface area contributed by atoms with Gasteiger partial charge in [0, 0.05) is 18.5 Å². The first kappa shape index (κ1) is 23.3. The van der Waals surface area contributed by atoms with Gasteiger partial charge in [0.2, 0.25) is 5.88 Å². The number of aromatic nitrogens is 2. The van der Waals surface area contributed by atoms with Gasteiger partial charge in [0.15, 0.2) is 6.10 Å². The van der Waals surface area contributed by atoms with Crippen LogP contribution in [-0.2, 0) is 22.4 Å². The highest BCUT2D eigenvalue weighted by atomic mass is 35.5. The van der Waals surface area contributed by atoms with Crippen molar-refractivity contribution in [1.29, 1.82) is 0 Å². The molecule has 0 bridgehead atoms. The van der Waals surface area contributed by atoms with Gasteiger partial charge in [-0.1, -0.05) is 17.7 Å². The highest BCUT2D eigenvalue weighted by molar-refractivity contribution is 6.29. The van der Waals surface area contributed by atoms with E-state index in [1.807, 2.05) is 0 Å². The van der Waals surface area contributed by atoms with Crippen LogP contribution in [0.1, 0.15) is 18.1 Å². The molecule has 7 nitrogen and oxygen atoms in total. The molecule has 32 heavy (non-hydrogen) atoms. The largest absolute Gasteiger partial charge is 0.481 e. The van der Waals surface area contributed by atoms with E-state index in [9.17, 15) is 18.0 Å². The molecule has 2 heterocycles. The fraction of sp³-hybridized carbons (Fsp3) is 0.190. The van der Waals surface area contributed by atoms with Crippen molar-refractivity contribution in [1.82, 2.24) is 15.4 Å². The Kier molecular flexibility index (Phi) is 7.49. The fourth-order valence-electron chi connectivity index (χ4n) is 2.34. The fourth-order valence-corrected chi connectivity index (χ4v) is 2.45. The monoisotopic (exact) mass is 467 g/mol. The topological polar surface area (TPSA) is 82.6 Å². The molecule has 11 heteroatoms. The SMILES string of the molecule is C[C@@H](Oc1ccc(Oc2ccc(C(F)(F)F)cn2)cc1)C(=O)NOCc1ccc(Cl)nc1. The summed E-state index contributed by atoms with van der Waals surface area (Å²) >= 11 is 5.70. The molecule has 2 aromatic heterocycles. The van der Waals surface area contributed by atoms with Crippen molar-refractivity contribution < 1.29 is 32.3 Å². The number of ether oxygens (including phenoxy) is 2. The molecule has 0 fully saturated rings. The maximum atomic E-state index is 12.6. The van der Waals surface area contributed by atoms with Gasteiger partial charge in [0.05, 0.1) is 5.56 Å². The summed E-state index contributed by atoms with van der Waals surface area (Å²) in [7, 11) is 0. The maximum absolute atomic E-state index is 12.6. The molecular weight excluding hydrogens is 451 g/mol. The molecule has 0 saturated heterocycles. The van der Waals surface area contributed by atoms with Crippen molar-refractivity contribution in [3.8, 4) is 17.4 Å². The number of nitrogens with one attached hydrogen (secondary N) is 1. The Balaban J connectivity index is 1.46. The van der Waals surface area contributed by atoms with Crippen molar-refractivity contribution in [3.63, 3.8) is 0 Å². The number of rotatable bonds is 8. The normalized spacial score (nSPS) is 12.2. The molecule has 3 rings (SSSR count). The summed E-state index contributed by atoms with van der Waals surface area (Å²) in [6.07, 6.45) is -3.11. The maximum Gasteiger partial charge on any atom is 0.417 e. The van der Waals surface area contributed by atoms with E-state index in [1.165, 1.54) is 18.3 Å².